The Morgan fingerprint density at radius 2 is 2.22 bits per heavy atom. The molecule has 1 aromatic rings. The van der Waals surface area contributed by atoms with Crippen LogP contribution in [0, 0.1) is 0 Å². The molecule has 104 valence electrons. The van der Waals surface area contributed by atoms with Crippen LogP contribution in [-0.2, 0) is 9.84 Å². The Morgan fingerprint density at radius 1 is 1.44 bits per heavy atom. The van der Waals surface area contributed by atoms with Crippen LogP contribution in [0.5, 0.6) is 0 Å². The molecule has 1 unspecified atom stereocenters. The van der Waals surface area contributed by atoms with E-state index in [-0.39, 0.29) is 17.5 Å². The van der Waals surface area contributed by atoms with E-state index in [4.69, 9.17) is 0 Å². The summed E-state index contributed by atoms with van der Waals surface area (Å²) in [5.74, 6) is 0.488. The lowest BCUT2D eigenvalue weighted by Gasteiger charge is -2.15. The summed E-state index contributed by atoms with van der Waals surface area (Å²) in [5.41, 5.74) is 0. The molecular formula is C11H21N3O2S2. The van der Waals surface area contributed by atoms with Crippen LogP contribution < -0.4 is 5.32 Å². The summed E-state index contributed by atoms with van der Waals surface area (Å²) in [5, 5.41) is 7.25. The molecule has 0 fully saturated rings. The van der Waals surface area contributed by atoms with Crippen molar-refractivity contribution in [3.05, 3.63) is 11.1 Å². The number of nitrogens with zero attached hydrogens (tertiary/aromatic N) is 2. The zero-order valence-corrected chi connectivity index (χ0v) is 12.6. The molecule has 0 aliphatic carbocycles. The predicted octanol–water partition coefficient (Wildman–Crippen LogP) is 1.79. The minimum absolute atomic E-state index is 0.178. The number of nitrogens with one attached hydrogen (secondary N) is 1. The van der Waals surface area contributed by atoms with Gasteiger partial charge in [0.1, 0.15) is 9.84 Å². The van der Waals surface area contributed by atoms with E-state index in [9.17, 15) is 8.42 Å². The third-order valence-corrected chi connectivity index (χ3v) is 5.32. The van der Waals surface area contributed by atoms with Crippen molar-refractivity contribution in [3.8, 4) is 0 Å². The molecule has 1 rings (SSSR count). The van der Waals surface area contributed by atoms with Crippen molar-refractivity contribution in [1.82, 2.24) is 14.9 Å². The van der Waals surface area contributed by atoms with Crippen LogP contribution >= 0.6 is 11.5 Å². The van der Waals surface area contributed by atoms with Crippen LogP contribution in [0.15, 0.2) is 6.20 Å². The number of hydrogen-bond donors (Lipinski definition) is 1. The molecule has 1 heterocycles. The molecule has 0 aliphatic rings. The molecule has 0 radical (unpaired) electrons. The van der Waals surface area contributed by atoms with E-state index in [0.29, 0.717) is 6.42 Å². The second-order valence-electron chi connectivity index (χ2n) is 4.21. The van der Waals surface area contributed by atoms with Gasteiger partial charge in [-0.1, -0.05) is 18.3 Å². The van der Waals surface area contributed by atoms with Crippen molar-refractivity contribution in [1.29, 1.82) is 0 Å². The second kappa shape index (κ2) is 7.81. The van der Waals surface area contributed by atoms with Crippen molar-refractivity contribution in [2.45, 2.75) is 39.2 Å². The van der Waals surface area contributed by atoms with Crippen LogP contribution in [0.2, 0.25) is 0 Å². The van der Waals surface area contributed by atoms with E-state index in [1.54, 1.807) is 13.1 Å². The van der Waals surface area contributed by atoms with Gasteiger partial charge in [0.15, 0.2) is 0 Å². The van der Waals surface area contributed by atoms with Gasteiger partial charge in [-0.2, -0.15) is 0 Å². The lowest BCUT2D eigenvalue weighted by Crippen LogP contribution is -2.22. The first-order valence-electron chi connectivity index (χ1n) is 6.30. The fourth-order valence-electron chi connectivity index (χ4n) is 1.64. The minimum Gasteiger partial charge on any atom is -0.309 e. The van der Waals surface area contributed by atoms with Gasteiger partial charge < -0.3 is 5.32 Å². The molecule has 0 saturated heterocycles. The van der Waals surface area contributed by atoms with E-state index in [1.807, 2.05) is 0 Å². The van der Waals surface area contributed by atoms with Gasteiger partial charge in [0.05, 0.1) is 16.8 Å². The maximum atomic E-state index is 11.4. The van der Waals surface area contributed by atoms with Crippen molar-refractivity contribution in [2.24, 2.45) is 0 Å². The van der Waals surface area contributed by atoms with Gasteiger partial charge in [-0.25, -0.2) is 8.42 Å². The number of aromatic nitrogens is 2. The third-order valence-electron chi connectivity index (χ3n) is 2.75. The molecular weight excluding hydrogens is 270 g/mol. The van der Waals surface area contributed by atoms with Crippen LogP contribution in [0.25, 0.3) is 0 Å². The molecule has 0 bridgehead atoms. The highest BCUT2D eigenvalue weighted by Crippen LogP contribution is 2.21. The van der Waals surface area contributed by atoms with Crippen molar-refractivity contribution < 1.29 is 8.42 Å². The van der Waals surface area contributed by atoms with Gasteiger partial charge in [-0.3, -0.25) is 0 Å². The van der Waals surface area contributed by atoms with Gasteiger partial charge in [-0.05, 0) is 37.3 Å². The smallest absolute Gasteiger partial charge is 0.150 e. The molecule has 0 aromatic carbocycles. The molecule has 7 heteroatoms. The lowest BCUT2D eigenvalue weighted by atomic mass is 10.1. The molecule has 0 spiro atoms. The second-order valence-corrected chi connectivity index (χ2v) is 7.50. The molecule has 0 aliphatic heterocycles. The first-order valence-corrected chi connectivity index (χ1v) is 8.89. The molecule has 0 saturated carbocycles. The Hall–Kier alpha value is -0.530. The van der Waals surface area contributed by atoms with E-state index < -0.39 is 9.84 Å². The fourth-order valence-corrected chi connectivity index (χ4v) is 3.15. The van der Waals surface area contributed by atoms with E-state index in [0.717, 1.165) is 24.3 Å². The van der Waals surface area contributed by atoms with Crippen molar-refractivity contribution in [2.75, 3.05) is 18.1 Å². The topological polar surface area (TPSA) is 72.0 Å². The third kappa shape index (κ3) is 5.41. The van der Waals surface area contributed by atoms with E-state index in [2.05, 4.69) is 21.8 Å². The summed E-state index contributed by atoms with van der Waals surface area (Å²) >= 11 is 1.37. The fraction of sp³-hybridized carbons (Fsp3) is 0.818. The van der Waals surface area contributed by atoms with Gasteiger partial charge in [0.25, 0.3) is 0 Å². The monoisotopic (exact) mass is 291 g/mol. The Labute approximate surface area is 113 Å². The molecule has 1 N–H and O–H groups in total. The first-order chi connectivity index (χ1) is 8.59. The highest BCUT2D eigenvalue weighted by molar-refractivity contribution is 7.91. The Morgan fingerprint density at radius 3 is 2.78 bits per heavy atom. The highest BCUT2D eigenvalue weighted by atomic mass is 32.2. The highest BCUT2D eigenvalue weighted by Gasteiger charge is 2.15. The molecule has 1 aromatic heterocycles. The SMILES string of the molecule is CCCNC(CCCS(=O)(=O)CC)c1cnns1. The van der Waals surface area contributed by atoms with Crippen LogP contribution in [-0.4, -0.2) is 36.1 Å². The van der Waals surface area contributed by atoms with Gasteiger partial charge in [-0.15, -0.1) is 5.10 Å². The lowest BCUT2D eigenvalue weighted by molar-refractivity contribution is 0.498. The zero-order valence-electron chi connectivity index (χ0n) is 10.9. The van der Waals surface area contributed by atoms with Crippen LogP contribution in [0.1, 0.15) is 44.0 Å². The molecule has 0 amide bonds. The van der Waals surface area contributed by atoms with Crippen LogP contribution in [0.3, 0.4) is 0 Å². The number of rotatable bonds is 9. The Kier molecular flexibility index (Phi) is 6.73. The maximum Gasteiger partial charge on any atom is 0.150 e. The van der Waals surface area contributed by atoms with E-state index >= 15 is 0 Å². The Bertz CT molecular complexity index is 418. The average Bonchev–Trinajstić information content (AvgIpc) is 2.87. The summed E-state index contributed by atoms with van der Waals surface area (Å²) < 4.78 is 26.7. The van der Waals surface area contributed by atoms with Crippen LogP contribution in [0.4, 0.5) is 0 Å². The summed E-state index contributed by atoms with van der Waals surface area (Å²) in [6.45, 7) is 4.72. The standard InChI is InChI=1S/C11H21N3O2S2/c1-3-7-12-10(11-9-13-14-17-11)6-5-8-18(15,16)4-2/h9-10,12H,3-8H2,1-2H3. The quantitative estimate of drug-likeness (QED) is 0.751. The maximum absolute atomic E-state index is 11.4. The van der Waals surface area contributed by atoms with Crippen molar-refractivity contribution in [3.63, 3.8) is 0 Å². The Balaban J connectivity index is 2.47. The average molecular weight is 291 g/mol. The largest absolute Gasteiger partial charge is 0.309 e. The summed E-state index contributed by atoms with van der Waals surface area (Å²) in [7, 11) is -2.86. The molecule has 1 atom stereocenters. The van der Waals surface area contributed by atoms with Gasteiger partial charge >= 0.3 is 0 Å². The molecule has 18 heavy (non-hydrogen) atoms. The minimum atomic E-state index is -2.86. The zero-order chi connectivity index (χ0) is 13.4. The summed E-state index contributed by atoms with van der Waals surface area (Å²) in [6, 6.07) is 0.178. The van der Waals surface area contributed by atoms with E-state index in [1.165, 1.54) is 11.5 Å². The summed E-state index contributed by atoms with van der Waals surface area (Å²) in [4.78, 5) is 1.08. The predicted molar refractivity (Wildman–Crippen MR) is 74.5 cm³/mol. The first kappa shape index (κ1) is 15.5. The van der Waals surface area contributed by atoms with Crippen molar-refractivity contribution >= 4 is 21.4 Å². The molecule has 5 nitrogen and oxygen atoms in total. The van der Waals surface area contributed by atoms with Gasteiger partial charge in [0.2, 0.25) is 0 Å². The normalized spacial score (nSPS) is 13.7. The van der Waals surface area contributed by atoms with Gasteiger partial charge in [0, 0.05) is 11.8 Å². The number of sulfone groups is 1. The summed E-state index contributed by atoms with van der Waals surface area (Å²) in [6.07, 6.45) is 4.29. The number of hydrogen-bond acceptors (Lipinski definition) is 6.